The van der Waals surface area contributed by atoms with Gasteiger partial charge in [0.25, 0.3) is 0 Å². The third-order valence-corrected chi connectivity index (χ3v) is 15.7. The normalized spacial score (nSPS) is 18.9. The van der Waals surface area contributed by atoms with Crippen molar-refractivity contribution in [2.75, 3.05) is 50.2 Å². The van der Waals surface area contributed by atoms with Gasteiger partial charge in [-0.1, -0.05) is 91.0 Å². The van der Waals surface area contributed by atoms with Crippen LogP contribution < -0.4 is 28.7 Å². The van der Waals surface area contributed by atoms with Crippen LogP contribution in [0.15, 0.2) is 163 Å². The molecule has 0 N–H and O–H groups in total. The Morgan fingerprint density at radius 3 is 1.41 bits per heavy atom. The Morgan fingerprint density at radius 1 is 0.486 bits per heavy atom. The number of nitrogens with zero attached hydrogens (tertiary/aromatic N) is 6. The van der Waals surface area contributed by atoms with E-state index in [-0.39, 0.29) is 5.28 Å². The molecular weight excluding hydrogens is 960 g/mol. The number of hydrogen-bond acceptors (Lipinski definition) is 11. The lowest BCUT2D eigenvalue weighted by Gasteiger charge is -2.37. The SMILES string of the molecule is COc1nc(-c2cccs2)nc2ccc3c(c12)C=CC(c1ccccc1)(c1ccc(N2CCCCC2)cc1)O3.COc1nc(Cl)nc2ccc3c(c12)C=CC(c1ccccc1)(c1ccc(N2CCCCC2)cc1)O3. The summed E-state index contributed by atoms with van der Waals surface area (Å²) < 4.78 is 25.2. The number of hydrogen-bond donors (Lipinski definition) is 0. The first-order chi connectivity index (χ1) is 36.4. The largest absolute Gasteiger partial charge is 0.480 e. The van der Waals surface area contributed by atoms with Crippen molar-refractivity contribution in [3.05, 3.63) is 202 Å². The second kappa shape index (κ2) is 20.3. The van der Waals surface area contributed by atoms with Gasteiger partial charge in [0.1, 0.15) is 11.5 Å². The lowest BCUT2D eigenvalue weighted by Crippen LogP contribution is -2.34. The molecule has 0 aliphatic carbocycles. The Hall–Kier alpha value is -7.73. The molecule has 0 spiro atoms. The molecule has 2 saturated heterocycles. The van der Waals surface area contributed by atoms with Crippen LogP contribution in [0.25, 0.3) is 44.7 Å². The third-order valence-electron chi connectivity index (χ3n) is 14.7. The quantitative estimate of drug-likeness (QED) is 0.130. The van der Waals surface area contributed by atoms with E-state index in [1.165, 1.54) is 49.9 Å². The average Bonchev–Trinajstić information content (AvgIpc) is 4.04. The monoisotopic (exact) mass is 1010 g/mol. The Kier molecular flexibility index (Phi) is 13.0. The first-order valence-corrected chi connectivity index (χ1v) is 26.7. The molecule has 74 heavy (non-hydrogen) atoms. The molecule has 10 nitrogen and oxygen atoms in total. The fourth-order valence-corrected chi connectivity index (χ4v) is 11.8. The molecule has 3 aromatic heterocycles. The van der Waals surface area contributed by atoms with Crippen LogP contribution in [0.3, 0.4) is 0 Å². The number of aromatic nitrogens is 4. The van der Waals surface area contributed by atoms with E-state index in [1.54, 1.807) is 25.6 Å². The Morgan fingerprint density at radius 2 is 0.946 bits per heavy atom. The van der Waals surface area contributed by atoms with Crippen LogP contribution in [0.5, 0.6) is 23.3 Å². The summed E-state index contributed by atoms with van der Waals surface area (Å²) in [6.45, 7) is 4.48. The average molecular weight is 1020 g/mol. The second-order valence-electron chi connectivity index (χ2n) is 19.0. The topological polar surface area (TPSA) is 95.0 Å². The van der Waals surface area contributed by atoms with Crippen LogP contribution in [0.1, 0.15) is 71.9 Å². The van der Waals surface area contributed by atoms with Crippen molar-refractivity contribution in [1.29, 1.82) is 0 Å². The number of anilines is 2. The summed E-state index contributed by atoms with van der Waals surface area (Å²) in [5.74, 6) is 3.17. The summed E-state index contributed by atoms with van der Waals surface area (Å²) >= 11 is 7.72. The van der Waals surface area contributed by atoms with E-state index in [2.05, 4.69) is 129 Å². The molecule has 9 aromatic rings. The highest BCUT2D eigenvalue weighted by molar-refractivity contribution is 7.13. The van der Waals surface area contributed by atoms with Crippen molar-refractivity contribution in [2.24, 2.45) is 0 Å². The number of ether oxygens (including phenoxy) is 4. The minimum absolute atomic E-state index is 0.155. The summed E-state index contributed by atoms with van der Waals surface area (Å²) in [6.07, 6.45) is 16.2. The number of halogens is 1. The third kappa shape index (κ3) is 8.77. The fourth-order valence-electron chi connectivity index (χ4n) is 11.0. The predicted octanol–water partition coefficient (Wildman–Crippen LogP) is 14.3. The molecule has 4 aliphatic heterocycles. The standard InChI is InChI=1S/C33H29N3O2S.C29H26ClN3O2/c1-37-32-30-26-18-19-33(23-9-4-2-5-10-23,24-12-14-25(15-13-24)36-20-6-3-7-21-36)38-28(26)17-16-27(30)34-31(35-32)29-11-8-22-39-29;1-34-27-26-23-16-17-29(20-8-4-2-5-9-20,35-25(23)15-14-24(26)31-28(30)32-27)21-10-12-22(13-11-21)33-18-6-3-7-19-33/h2,4-5,8-19,22H,3,6-7,20-21H2,1H3;2,4-5,8-17H,3,6-7,18-19H2,1H3. The molecule has 4 aliphatic rings. The number of thiophene rings is 1. The summed E-state index contributed by atoms with van der Waals surface area (Å²) in [6, 6.07) is 50.4. The fraction of sp³-hybridized carbons (Fsp3) is 0.226. The first kappa shape index (κ1) is 47.3. The van der Waals surface area contributed by atoms with E-state index in [0.29, 0.717) is 23.1 Å². The maximum absolute atomic E-state index is 6.98. The van der Waals surface area contributed by atoms with E-state index >= 15 is 0 Å². The van der Waals surface area contributed by atoms with Crippen molar-refractivity contribution in [1.82, 2.24) is 19.9 Å². The van der Waals surface area contributed by atoms with Gasteiger partial charge in [-0.2, -0.15) is 9.97 Å². The van der Waals surface area contributed by atoms with Gasteiger partial charge in [-0.05, 0) is 134 Å². The zero-order valence-corrected chi connectivity index (χ0v) is 43.0. The van der Waals surface area contributed by atoms with Crippen LogP contribution in [-0.4, -0.2) is 60.3 Å². The molecule has 370 valence electrons. The number of rotatable bonds is 9. The van der Waals surface area contributed by atoms with Crippen molar-refractivity contribution in [2.45, 2.75) is 49.7 Å². The molecule has 2 fully saturated rings. The van der Waals surface area contributed by atoms with Crippen molar-refractivity contribution in [3.8, 4) is 34.0 Å². The van der Waals surface area contributed by atoms with Crippen LogP contribution in [0.4, 0.5) is 11.4 Å². The molecule has 7 heterocycles. The van der Waals surface area contributed by atoms with E-state index < -0.39 is 11.2 Å². The van der Waals surface area contributed by atoms with Crippen LogP contribution in [0, 0.1) is 0 Å². The molecule has 0 bridgehead atoms. The van der Waals surface area contributed by atoms with Crippen LogP contribution in [0.2, 0.25) is 5.28 Å². The maximum Gasteiger partial charge on any atom is 0.226 e. The zero-order valence-electron chi connectivity index (χ0n) is 41.4. The Bertz CT molecular complexity index is 3510. The smallest absolute Gasteiger partial charge is 0.226 e. The summed E-state index contributed by atoms with van der Waals surface area (Å²) in [7, 11) is 3.24. The Balaban J connectivity index is 0.000000151. The molecule has 13 rings (SSSR count). The van der Waals surface area contributed by atoms with Crippen LogP contribution in [-0.2, 0) is 11.2 Å². The van der Waals surface area contributed by atoms with Crippen molar-refractivity contribution in [3.63, 3.8) is 0 Å². The molecule has 2 atom stereocenters. The van der Waals surface area contributed by atoms with Crippen molar-refractivity contribution >= 4 is 68.3 Å². The predicted molar refractivity (Wildman–Crippen MR) is 299 cm³/mol. The summed E-state index contributed by atoms with van der Waals surface area (Å²) in [5, 5.41) is 3.82. The molecule has 0 radical (unpaired) electrons. The van der Waals surface area contributed by atoms with Gasteiger partial charge < -0.3 is 28.7 Å². The van der Waals surface area contributed by atoms with Gasteiger partial charge in [0, 0.05) is 70.9 Å². The number of benzene rings is 6. The van der Waals surface area contributed by atoms with Gasteiger partial charge in [0.2, 0.25) is 17.0 Å². The highest BCUT2D eigenvalue weighted by atomic mass is 35.5. The number of fused-ring (bicyclic) bond motifs is 6. The van der Waals surface area contributed by atoms with E-state index in [0.717, 1.165) is 92.2 Å². The van der Waals surface area contributed by atoms with Gasteiger partial charge in [-0.3, -0.25) is 0 Å². The number of piperidine rings is 2. The van der Waals surface area contributed by atoms with Gasteiger partial charge >= 0.3 is 0 Å². The summed E-state index contributed by atoms with van der Waals surface area (Å²) in [4.78, 5) is 24.2. The first-order valence-electron chi connectivity index (χ1n) is 25.5. The maximum atomic E-state index is 6.98. The lowest BCUT2D eigenvalue weighted by atomic mass is 9.83. The van der Waals surface area contributed by atoms with E-state index in [4.69, 9.17) is 40.5 Å². The van der Waals surface area contributed by atoms with E-state index in [9.17, 15) is 0 Å². The molecule has 0 saturated carbocycles. The van der Waals surface area contributed by atoms with Crippen LogP contribution >= 0.6 is 22.9 Å². The lowest BCUT2D eigenvalue weighted by molar-refractivity contribution is 0.161. The zero-order chi connectivity index (χ0) is 50.1. The highest BCUT2D eigenvalue weighted by Gasteiger charge is 2.40. The van der Waals surface area contributed by atoms with Gasteiger partial charge in [-0.25, -0.2) is 9.97 Å². The van der Waals surface area contributed by atoms with Gasteiger partial charge in [0.15, 0.2) is 17.0 Å². The minimum Gasteiger partial charge on any atom is -0.480 e. The summed E-state index contributed by atoms with van der Waals surface area (Å²) in [5.41, 5.74) is 8.68. The molecule has 0 amide bonds. The molecule has 12 heteroatoms. The van der Waals surface area contributed by atoms with Gasteiger partial charge in [-0.15, -0.1) is 11.3 Å². The molecule has 6 aromatic carbocycles. The van der Waals surface area contributed by atoms with E-state index in [1.807, 2.05) is 66.0 Å². The highest BCUT2D eigenvalue weighted by Crippen LogP contribution is 2.48. The second-order valence-corrected chi connectivity index (χ2v) is 20.3. The minimum atomic E-state index is -0.761. The number of methoxy groups -OCH3 is 2. The molecule has 2 unspecified atom stereocenters. The molecular formula is C62H55ClN6O4S. The van der Waals surface area contributed by atoms with Crippen molar-refractivity contribution < 1.29 is 18.9 Å². The van der Waals surface area contributed by atoms with Gasteiger partial charge in [0.05, 0.1) is 40.9 Å². The Labute approximate surface area is 440 Å².